The fourth-order valence-corrected chi connectivity index (χ4v) is 3.16. The fraction of sp³-hybridized carbons (Fsp3) is 0.556. The van der Waals surface area contributed by atoms with Crippen molar-refractivity contribution >= 4 is 11.9 Å². The topological polar surface area (TPSA) is 94.1 Å². The van der Waals surface area contributed by atoms with Crippen molar-refractivity contribution in [1.82, 2.24) is 5.32 Å². The fourth-order valence-electron chi connectivity index (χ4n) is 3.16. The van der Waals surface area contributed by atoms with E-state index in [0.29, 0.717) is 48.1 Å². The van der Waals surface area contributed by atoms with Gasteiger partial charge in [-0.05, 0) is 43.7 Å². The monoisotopic (exact) mass is 351 g/mol. The quantitative estimate of drug-likeness (QED) is 0.783. The van der Waals surface area contributed by atoms with Crippen LogP contribution >= 0.6 is 0 Å². The summed E-state index contributed by atoms with van der Waals surface area (Å²) >= 11 is 0. The second-order valence-corrected chi connectivity index (χ2v) is 6.18. The largest absolute Gasteiger partial charge is 0.493 e. The minimum atomic E-state index is -0.722. The van der Waals surface area contributed by atoms with Gasteiger partial charge in [-0.3, -0.25) is 9.59 Å². The number of benzene rings is 1. The molecule has 1 aliphatic rings. The molecule has 0 spiro atoms. The highest BCUT2D eigenvalue weighted by Gasteiger charge is 2.26. The number of amides is 1. The van der Waals surface area contributed by atoms with Crippen molar-refractivity contribution in [2.45, 2.75) is 25.7 Å². The maximum atomic E-state index is 12.4. The minimum Gasteiger partial charge on any atom is -0.493 e. The lowest BCUT2D eigenvalue weighted by molar-refractivity contribution is -0.143. The van der Waals surface area contributed by atoms with Crippen LogP contribution in [-0.4, -0.2) is 44.9 Å². The Labute approximate surface area is 147 Å². The minimum absolute atomic E-state index is 0.223. The van der Waals surface area contributed by atoms with Crippen LogP contribution in [0, 0.1) is 11.8 Å². The van der Waals surface area contributed by atoms with Gasteiger partial charge in [-0.1, -0.05) is 0 Å². The van der Waals surface area contributed by atoms with Crippen molar-refractivity contribution < 1.29 is 28.9 Å². The van der Waals surface area contributed by atoms with Gasteiger partial charge in [-0.25, -0.2) is 0 Å². The van der Waals surface area contributed by atoms with Crippen LogP contribution < -0.4 is 19.5 Å². The van der Waals surface area contributed by atoms with Crippen LogP contribution in [0.5, 0.6) is 17.2 Å². The van der Waals surface area contributed by atoms with E-state index >= 15 is 0 Å². The predicted molar refractivity (Wildman–Crippen MR) is 91.5 cm³/mol. The Balaban J connectivity index is 1.98. The van der Waals surface area contributed by atoms with E-state index in [4.69, 9.17) is 19.3 Å². The molecule has 0 saturated heterocycles. The van der Waals surface area contributed by atoms with E-state index in [2.05, 4.69) is 5.32 Å². The molecule has 2 rings (SSSR count). The Morgan fingerprint density at radius 3 is 2.04 bits per heavy atom. The molecule has 7 heteroatoms. The molecule has 0 heterocycles. The van der Waals surface area contributed by atoms with Gasteiger partial charge in [0.15, 0.2) is 11.5 Å². The number of ether oxygens (including phenoxy) is 3. The van der Waals surface area contributed by atoms with Crippen LogP contribution in [0.4, 0.5) is 0 Å². The van der Waals surface area contributed by atoms with Crippen molar-refractivity contribution in [3.8, 4) is 17.2 Å². The van der Waals surface area contributed by atoms with Crippen molar-refractivity contribution in [2.24, 2.45) is 11.8 Å². The molecule has 0 radical (unpaired) electrons. The van der Waals surface area contributed by atoms with Gasteiger partial charge in [0.2, 0.25) is 5.75 Å². The third-order valence-electron chi connectivity index (χ3n) is 4.67. The lowest BCUT2D eigenvalue weighted by Crippen LogP contribution is -2.32. The molecule has 1 aromatic carbocycles. The van der Waals surface area contributed by atoms with Gasteiger partial charge < -0.3 is 24.6 Å². The summed E-state index contributed by atoms with van der Waals surface area (Å²) in [7, 11) is 4.51. The second-order valence-electron chi connectivity index (χ2n) is 6.18. The third kappa shape index (κ3) is 4.55. The number of carbonyl (C=O) groups excluding carboxylic acids is 1. The molecule has 2 N–H and O–H groups in total. The summed E-state index contributed by atoms with van der Waals surface area (Å²) < 4.78 is 15.8. The first-order valence-electron chi connectivity index (χ1n) is 8.31. The number of carboxylic acid groups (broad SMARTS) is 1. The smallest absolute Gasteiger partial charge is 0.306 e. The summed E-state index contributed by atoms with van der Waals surface area (Å²) in [4.78, 5) is 23.4. The van der Waals surface area contributed by atoms with E-state index in [1.165, 1.54) is 21.3 Å². The highest BCUT2D eigenvalue weighted by molar-refractivity contribution is 5.95. The molecule has 138 valence electrons. The second kappa shape index (κ2) is 8.60. The molecule has 7 nitrogen and oxygen atoms in total. The van der Waals surface area contributed by atoms with E-state index in [1.807, 2.05) is 0 Å². The standard InChI is InChI=1S/C18H25NO6/c1-23-14-8-13(9-15(24-2)16(14)25-3)17(20)19-10-11-4-6-12(7-5-11)18(21)22/h8-9,11-12H,4-7,10H2,1-3H3,(H,19,20)(H,21,22). The molecule has 0 unspecified atom stereocenters. The van der Waals surface area contributed by atoms with Crippen LogP contribution in [0.2, 0.25) is 0 Å². The van der Waals surface area contributed by atoms with E-state index < -0.39 is 5.97 Å². The first-order chi connectivity index (χ1) is 12.0. The zero-order chi connectivity index (χ0) is 18.4. The van der Waals surface area contributed by atoms with Gasteiger partial charge in [-0.2, -0.15) is 0 Å². The molecule has 1 saturated carbocycles. The highest BCUT2D eigenvalue weighted by Crippen LogP contribution is 2.38. The van der Waals surface area contributed by atoms with E-state index in [1.54, 1.807) is 12.1 Å². The van der Waals surface area contributed by atoms with Crippen LogP contribution in [0.1, 0.15) is 36.0 Å². The zero-order valence-electron chi connectivity index (χ0n) is 14.8. The summed E-state index contributed by atoms with van der Waals surface area (Å²) in [6, 6.07) is 3.22. The van der Waals surface area contributed by atoms with Gasteiger partial charge >= 0.3 is 5.97 Å². The van der Waals surface area contributed by atoms with E-state index in [0.717, 1.165) is 12.8 Å². The van der Waals surface area contributed by atoms with Gasteiger partial charge in [0, 0.05) is 12.1 Å². The lowest BCUT2D eigenvalue weighted by Gasteiger charge is -2.26. The lowest BCUT2D eigenvalue weighted by atomic mass is 9.82. The molecule has 25 heavy (non-hydrogen) atoms. The van der Waals surface area contributed by atoms with Crippen molar-refractivity contribution in [1.29, 1.82) is 0 Å². The molecular weight excluding hydrogens is 326 g/mol. The number of carbonyl (C=O) groups is 2. The summed E-state index contributed by atoms with van der Waals surface area (Å²) in [5, 5.41) is 11.9. The van der Waals surface area contributed by atoms with E-state index in [9.17, 15) is 9.59 Å². The number of nitrogens with one attached hydrogen (secondary N) is 1. The summed E-state index contributed by atoms with van der Waals surface area (Å²) in [6.45, 7) is 0.530. The average molecular weight is 351 g/mol. The third-order valence-corrected chi connectivity index (χ3v) is 4.67. The van der Waals surface area contributed by atoms with Gasteiger partial charge in [0.1, 0.15) is 0 Å². The maximum Gasteiger partial charge on any atom is 0.306 e. The first kappa shape index (κ1) is 18.9. The van der Waals surface area contributed by atoms with Crippen LogP contribution in [0.25, 0.3) is 0 Å². The van der Waals surface area contributed by atoms with Gasteiger partial charge in [0.05, 0.1) is 27.2 Å². The number of hydrogen-bond acceptors (Lipinski definition) is 5. The Morgan fingerprint density at radius 1 is 1.04 bits per heavy atom. The van der Waals surface area contributed by atoms with Crippen LogP contribution in [0.15, 0.2) is 12.1 Å². The number of hydrogen-bond donors (Lipinski definition) is 2. The number of aliphatic carboxylic acids is 1. The number of carboxylic acids is 1. The number of methoxy groups -OCH3 is 3. The normalized spacial score (nSPS) is 19.8. The van der Waals surface area contributed by atoms with Gasteiger partial charge in [0.25, 0.3) is 5.91 Å². The van der Waals surface area contributed by atoms with Crippen molar-refractivity contribution in [2.75, 3.05) is 27.9 Å². The predicted octanol–water partition coefficient (Wildman–Crippen LogP) is 2.33. The van der Waals surface area contributed by atoms with Crippen LogP contribution in [-0.2, 0) is 4.79 Å². The summed E-state index contributed by atoms with van der Waals surface area (Å²) in [5.74, 6) is 0.402. The molecule has 1 aromatic rings. The Bertz CT molecular complexity index is 597. The zero-order valence-corrected chi connectivity index (χ0v) is 14.8. The molecule has 0 bridgehead atoms. The highest BCUT2D eigenvalue weighted by atomic mass is 16.5. The van der Waals surface area contributed by atoms with Gasteiger partial charge in [-0.15, -0.1) is 0 Å². The SMILES string of the molecule is COc1cc(C(=O)NCC2CCC(C(=O)O)CC2)cc(OC)c1OC. The average Bonchev–Trinajstić information content (AvgIpc) is 2.64. The maximum absolute atomic E-state index is 12.4. The Hall–Kier alpha value is -2.44. The molecule has 0 aliphatic heterocycles. The molecule has 0 atom stereocenters. The van der Waals surface area contributed by atoms with E-state index in [-0.39, 0.29) is 11.8 Å². The van der Waals surface area contributed by atoms with Crippen LogP contribution in [0.3, 0.4) is 0 Å². The molecule has 1 fully saturated rings. The summed E-state index contributed by atoms with van der Waals surface area (Å²) in [5.41, 5.74) is 0.425. The Kier molecular flexibility index (Phi) is 6.50. The molecule has 0 aromatic heterocycles. The first-order valence-corrected chi connectivity index (χ1v) is 8.31. The molecule has 1 amide bonds. The summed E-state index contributed by atoms with van der Waals surface area (Å²) in [6.07, 6.45) is 2.96. The molecule has 1 aliphatic carbocycles. The van der Waals surface area contributed by atoms with Crippen molar-refractivity contribution in [3.05, 3.63) is 17.7 Å². The Morgan fingerprint density at radius 2 is 1.60 bits per heavy atom. The number of rotatable bonds is 7. The van der Waals surface area contributed by atoms with Crippen molar-refractivity contribution in [3.63, 3.8) is 0 Å². The molecular formula is C18H25NO6.